The van der Waals surface area contributed by atoms with Gasteiger partial charge in [0.2, 0.25) is 11.8 Å². The molecule has 440 valence electrons. The van der Waals surface area contributed by atoms with E-state index in [1.54, 1.807) is 61.7 Å². The van der Waals surface area contributed by atoms with Gasteiger partial charge in [-0.25, -0.2) is 17.9 Å². The number of carbonyl (C=O) groups is 2. The van der Waals surface area contributed by atoms with Gasteiger partial charge in [0.25, 0.3) is 0 Å². The second-order valence-electron chi connectivity index (χ2n) is 22.3. The highest BCUT2D eigenvalue weighted by atomic mass is 32.1. The molecular formula is C61H57F6N11O6S. The number of likely N-dealkylation sites (tertiary alicyclic amines) is 1. The number of aliphatic hydroxyl groups is 1. The fraction of sp³-hybridized carbons (Fsp3) is 0.361. The molecule has 4 fully saturated rings. The van der Waals surface area contributed by atoms with Crippen LogP contribution in [0.25, 0.3) is 54.5 Å². The summed E-state index contributed by atoms with van der Waals surface area (Å²) in [4.78, 5) is 41.5. The van der Waals surface area contributed by atoms with E-state index in [2.05, 4.69) is 20.9 Å². The number of β-amino-alcohol motifs (C(OH)–C–C–N with tert-alkyl or cyclic N) is 1. The molecule has 0 aliphatic carbocycles. The van der Waals surface area contributed by atoms with Crippen molar-refractivity contribution in [3.63, 3.8) is 0 Å². The standard InChI is InChI=1S/C61H57F6N11O6S/c1-30(2)53(59(81)77-27-38(79)22-48(77)58(80)71-31(3)33-11-13-35(14-12-33)49-44(62)5-4-6-45(49)63)78-28-47(74-75-78)34-9-7-32(8-10-34)29-83-54-51(40-15-16-46(64)55-50(40)42(24-68)56(69)85-55)43(61(65,66)67)23-41-52(54)72-60(84-39-17-19-82-20-18-39)73-57(41)76-26-36-21-37(76)25-70-36/h4-16,23,28,30-31,36-39,48,53,70,79H,17-22,25-27,29,69H2,1-3H3,(H,71,80)/t31-,36-,37-,38+,48-,53-/m0/s1. The van der Waals surface area contributed by atoms with Crippen molar-refractivity contribution < 1.29 is 55.2 Å². The number of carbonyl (C=O) groups excluding carboxylic acids is 2. The van der Waals surface area contributed by atoms with E-state index < -0.39 is 70.8 Å². The van der Waals surface area contributed by atoms with E-state index in [4.69, 9.17) is 29.9 Å². The topological polar surface area (TPSA) is 219 Å². The average Bonchev–Trinajstić information content (AvgIpc) is 2.65. The van der Waals surface area contributed by atoms with Crippen LogP contribution in [0.15, 0.2) is 91.1 Å². The lowest BCUT2D eigenvalue weighted by Gasteiger charge is -2.31. The Balaban J connectivity index is 0.839. The molecule has 5 aromatic carbocycles. The van der Waals surface area contributed by atoms with Crippen LogP contribution in [0.3, 0.4) is 0 Å². The first-order valence-corrected chi connectivity index (χ1v) is 28.7. The van der Waals surface area contributed by atoms with Crippen LogP contribution < -0.4 is 30.7 Å². The van der Waals surface area contributed by atoms with Crippen LogP contribution in [0.1, 0.15) is 80.8 Å². The lowest BCUT2D eigenvalue weighted by Crippen LogP contribution is -2.49. The molecule has 4 saturated heterocycles. The number of halogens is 6. The van der Waals surface area contributed by atoms with Crippen molar-refractivity contribution in [3.05, 3.63) is 131 Å². The van der Waals surface area contributed by atoms with Crippen molar-refractivity contribution in [2.24, 2.45) is 5.92 Å². The molecule has 6 atom stereocenters. The van der Waals surface area contributed by atoms with Gasteiger partial charge in [-0.3, -0.25) is 9.59 Å². The van der Waals surface area contributed by atoms with Crippen LogP contribution >= 0.6 is 11.3 Å². The second-order valence-corrected chi connectivity index (χ2v) is 23.3. The van der Waals surface area contributed by atoms with Gasteiger partial charge < -0.3 is 45.5 Å². The van der Waals surface area contributed by atoms with Crippen LogP contribution in [-0.2, 0) is 27.1 Å². The molecule has 0 spiro atoms. The zero-order valence-corrected chi connectivity index (χ0v) is 47.0. The number of amides is 2. The molecule has 12 rings (SSSR count). The summed E-state index contributed by atoms with van der Waals surface area (Å²) < 4.78 is 113. The van der Waals surface area contributed by atoms with Gasteiger partial charge in [-0.05, 0) is 65.8 Å². The third-order valence-corrected chi connectivity index (χ3v) is 17.4. The van der Waals surface area contributed by atoms with E-state index >= 15 is 17.6 Å². The number of piperazine rings is 1. The summed E-state index contributed by atoms with van der Waals surface area (Å²) in [5, 5.41) is 36.2. The number of aromatic nitrogens is 5. The van der Waals surface area contributed by atoms with Gasteiger partial charge in [-0.15, -0.1) is 16.4 Å². The number of benzene rings is 5. The third kappa shape index (κ3) is 10.9. The van der Waals surface area contributed by atoms with Crippen LogP contribution in [0.2, 0.25) is 0 Å². The first kappa shape index (κ1) is 57.1. The molecule has 3 aromatic heterocycles. The van der Waals surface area contributed by atoms with E-state index in [1.165, 1.54) is 33.8 Å². The van der Waals surface area contributed by atoms with Crippen molar-refractivity contribution in [3.8, 4) is 51.3 Å². The van der Waals surface area contributed by atoms with Crippen LogP contribution in [0.4, 0.5) is 37.2 Å². The summed E-state index contributed by atoms with van der Waals surface area (Å²) in [6, 6.07) is 19.4. The van der Waals surface area contributed by atoms with Gasteiger partial charge in [-0.2, -0.15) is 28.4 Å². The fourth-order valence-electron chi connectivity index (χ4n) is 12.1. The molecule has 17 nitrogen and oxygen atoms in total. The molecule has 4 aliphatic rings. The van der Waals surface area contributed by atoms with E-state index in [0.29, 0.717) is 67.1 Å². The number of nitrogens with two attached hydrogens (primary N) is 1. The van der Waals surface area contributed by atoms with Crippen molar-refractivity contribution in [2.75, 3.05) is 43.5 Å². The van der Waals surface area contributed by atoms with Gasteiger partial charge in [0.1, 0.15) is 70.3 Å². The Morgan fingerprint density at radius 3 is 2.34 bits per heavy atom. The van der Waals surface area contributed by atoms with Crippen molar-refractivity contribution in [1.29, 1.82) is 5.26 Å². The number of nitriles is 1. The molecule has 8 aromatic rings. The number of fused-ring (bicyclic) bond motifs is 4. The minimum absolute atomic E-state index is 0.00164. The number of hydrogen-bond donors (Lipinski definition) is 4. The Kier molecular flexibility index (Phi) is 15.4. The third-order valence-electron chi connectivity index (χ3n) is 16.4. The van der Waals surface area contributed by atoms with Crippen LogP contribution in [0, 0.1) is 34.7 Å². The quantitative estimate of drug-likeness (QED) is 0.0703. The highest BCUT2D eigenvalue weighted by Gasteiger charge is 2.45. The van der Waals surface area contributed by atoms with Gasteiger partial charge in [-0.1, -0.05) is 79.7 Å². The summed E-state index contributed by atoms with van der Waals surface area (Å²) in [7, 11) is 0. The number of anilines is 2. The predicted octanol–water partition coefficient (Wildman–Crippen LogP) is 10.1. The van der Waals surface area contributed by atoms with Crippen molar-refractivity contribution in [2.45, 2.75) is 102 Å². The molecule has 0 saturated carbocycles. The molecule has 2 amide bonds. The smallest absolute Gasteiger partial charge is 0.417 e. The monoisotopic (exact) mass is 1190 g/mol. The largest absolute Gasteiger partial charge is 0.486 e. The molecule has 5 N–H and O–H groups in total. The number of hydrogen-bond acceptors (Lipinski definition) is 15. The maximum absolute atomic E-state index is 16.0. The first-order valence-electron chi connectivity index (χ1n) is 27.9. The predicted molar refractivity (Wildman–Crippen MR) is 305 cm³/mol. The first-order chi connectivity index (χ1) is 40.8. The Hall–Kier alpha value is -8.37. The molecule has 4 aliphatic heterocycles. The van der Waals surface area contributed by atoms with Crippen molar-refractivity contribution >= 4 is 55.0 Å². The van der Waals surface area contributed by atoms with Gasteiger partial charge >= 0.3 is 12.2 Å². The summed E-state index contributed by atoms with van der Waals surface area (Å²) >= 11 is 0.755. The van der Waals surface area contributed by atoms with Crippen LogP contribution in [-0.4, -0.2) is 110 Å². The van der Waals surface area contributed by atoms with Crippen molar-refractivity contribution in [1.82, 2.24) is 40.5 Å². The van der Waals surface area contributed by atoms with Crippen LogP contribution in [0.5, 0.6) is 11.8 Å². The number of nitrogens with one attached hydrogen (secondary N) is 2. The Morgan fingerprint density at radius 2 is 1.67 bits per heavy atom. The SMILES string of the molecule is CC(C)[C@@H](C(=O)N1C[C@H](O)C[C@H]1C(=O)N[C@@H](C)c1ccc(-c2c(F)cccc2F)cc1)n1cc(-c2ccc(COc3c(-c4ccc(F)c5sc(N)c(C#N)c45)c(C(F)(F)F)cc4c(N5C[C@@H]6C[C@H]5CN6)nc(OC5CCOCC5)nc34)cc2)nn1. The van der Waals surface area contributed by atoms with Gasteiger partial charge in [0.05, 0.1) is 52.9 Å². The molecular weight excluding hydrogens is 1130 g/mol. The number of nitrogen functional groups attached to an aromatic ring is 1. The summed E-state index contributed by atoms with van der Waals surface area (Å²) in [6.45, 7) is 6.85. The minimum Gasteiger partial charge on any atom is -0.486 e. The number of aliphatic hydroxyl groups excluding tert-OH is 1. The van der Waals surface area contributed by atoms with E-state index in [1.807, 2.05) is 24.8 Å². The zero-order valence-electron chi connectivity index (χ0n) is 46.2. The summed E-state index contributed by atoms with van der Waals surface area (Å²) in [5.41, 5.74) is 6.51. The number of nitrogens with zero attached hydrogens (tertiary/aromatic N) is 8. The maximum atomic E-state index is 16.0. The highest BCUT2D eigenvalue weighted by molar-refractivity contribution is 7.23. The summed E-state index contributed by atoms with van der Waals surface area (Å²) in [5.74, 6) is -3.62. The number of ether oxygens (including phenoxy) is 3. The average molecular weight is 1190 g/mol. The second kappa shape index (κ2) is 22.9. The molecule has 2 bridgehead atoms. The fourth-order valence-corrected chi connectivity index (χ4v) is 13.1. The maximum Gasteiger partial charge on any atom is 0.417 e. The van der Waals surface area contributed by atoms with Gasteiger partial charge in [0, 0.05) is 72.9 Å². The molecule has 85 heavy (non-hydrogen) atoms. The molecule has 0 unspecified atom stereocenters. The van der Waals surface area contributed by atoms with E-state index in [-0.39, 0.29) is 104 Å². The van der Waals surface area contributed by atoms with Gasteiger partial charge in [0.15, 0.2) is 5.75 Å². The Morgan fingerprint density at radius 1 is 0.941 bits per heavy atom. The number of rotatable bonds is 15. The molecule has 7 heterocycles. The van der Waals surface area contributed by atoms with E-state index in [9.17, 15) is 28.7 Å². The lowest BCUT2D eigenvalue weighted by molar-refractivity contribution is -0.142. The number of alkyl halides is 3. The summed E-state index contributed by atoms with van der Waals surface area (Å²) in [6.07, 6.45) is -3.01. The minimum atomic E-state index is -5.03. The highest BCUT2D eigenvalue weighted by Crippen LogP contribution is 2.52. The van der Waals surface area contributed by atoms with E-state index in [0.717, 1.165) is 29.9 Å². The lowest BCUT2D eigenvalue weighted by atomic mass is 9.92. The molecule has 24 heteroatoms. The Labute approximate surface area is 487 Å². The Bertz CT molecular complexity index is 3900. The zero-order chi connectivity index (χ0) is 59.6. The molecule has 0 radical (unpaired) electrons. The number of thiophene rings is 1. The normalized spacial score (nSPS) is 19.7.